The van der Waals surface area contributed by atoms with Crippen LogP contribution in [0.5, 0.6) is 0 Å². The van der Waals surface area contributed by atoms with Gasteiger partial charge in [0.2, 0.25) is 0 Å². The van der Waals surface area contributed by atoms with Gasteiger partial charge in [0.05, 0.1) is 0 Å². The van der Waals surface area contributed by atoms with Crippen molar-refractivity contribution in [3.8, 4) is 0 Å². The van der Waals surface area contributed by atoms with E-state index in [0.717, 1.165) is 0 Å². The van der Waals surface area contributed by atoms with Crippen LogP contribution in [0.4, 0.5) is 0 Å². The second-order valence-electron chi connectivity index (χ2n) is 0. The van der Waals surface area contributed by atoms with Crippen molar-refractivity contribution in [2.45, 2.75) is 0 Å². The summed E-state index contributed by atoms with van der Waals surface area (Å²) in [5.41, 5.74) is 0. The van der Waals surface area contributed by atoms with Crippen LogP contribution in [-0.2, 0) is 80.0 Å². The zero-order valence-electron chi connectivity index (χ0n) is 2.45. The second kappa shape index (κ2) is 27.5. The first-order valence-corrected chi connectivity index (χ1v) is 0. The third kappa shape index (κ3) is 19.2. The molecule has 0 rings (SSSR count). The van der Waals surface area contributed by atoms with Crippen LogP contribution < -0.4 is 0 Å². The van der Waals surface area contributed by atoms with Crippen LogP contribution in [0.3, 0.4) is 0 Å². The molecule has 39 valence electrons. The number of hydrogen-bond donors (Lipinski definition) is 0. The van der Waals surface area contributed by atoms with Gasteiger partial charge in [-0.2, -0.15) is 0 Å². The Morgan fingerprint density at radius 2 is 1.00 bits per heavy atom. The van der Waals surface area contributed by atoms with Crippen molar-refractivity contribution in [2.75, 3.05) is 0 Å². The Morgan fingerprint density at radius 1 is 1.00 bits per heavy atom. The zero-order chi connectivity index (χ0) is 0. The fourth-order valence-corrected chi connectivity index (χ4v) is 0. The van der Waals surface area contributed by atoms with Crippen LogP contribution in [0.1, 0.15) is 0 Å². The molecule has 0 aliphatic heterocycles. The molecule has 5 heteroatoms. The normalized spacial score (nSPS) is 0. The first-order valence-electron chi connectivity index (χ1n) is 0. The van der Waals surface area contributed by atoms with Crippen LogP contribution in [0.25, 0.3) is 0 Å². The fraction of sp³-hybridized carbons (Fsp3) is 0. The Labute approximate surface area is 95.7 Å². The summed E-state index contributed by atoms with van der Waals surface area (Å²) in [7, 11) is 0. The van der Waals surface area contributed by atoms with E-state index in [1.165, 1.54) is 0 Å². The summed E-state index contributed by atoms with van der Waals surface area (Å²) in [6.07, 6.45) is 0. The minimum Gasteiger partial charge on any atom is 0 e. The van der Waals surface area contributed by atoms with Crippen molar-refractivity contribution in [3.63, 3.8) is 0 Å². The Morgan fingerprint density at radius 3 is 1.00 bits per heavy atom. The summed E-state index contributed by atoms with van der Waals surface area (Å²) in [5.74, 6) is 0. The first kappa shape index (κ1) is 42.4. The van der Waals surface area contributed by atoms with Gasteiger partial charge in [-0.05, 0) is 0 Å². The van der Waals surface area contributed by atoms with E-state index >= 15 is 0 Å². The Balaban J connectivity index is 0. The van der Waals surface area contributed by atoms with Crippen LogP contribution >= 0.6 is 0 Å². The molecule has 0 atom stereocenters. The molecule has 0 aliphatic rings. The van der Waals surface area contributed by atoms with Gasteiger partial charge in [0.25, 0.3) is 0 Å². The summed E-state index contributed by atoms with van der Waals surface area (Å²) in [6.45, 7) is 0. The quantitative estimate of drug-likeness (QED) is 0.358. The van der Waals surface area contributed by atoms with E-state index in [2.05, 4.69) is 0 Å². The van der Waals surface area contributed by atoms with Crippen molar-refractivity contribution in [2.24, 2.45) is 0 Å². The molecule has 0 aliphatic carbocycles. The summed E-state index contributed by atoms with van der Waals surface area (Å²) in [5, 5.41) is 0. The van der Waals surface area contributed by atoms with E-state index in [1.54, 1.807) is 0 Å². The fourth-order valence-electron chi connectivity index (χ4n) is 0. The largest absolute Gasteiger partial charge is 0.146 e. The SMILES string of the molecule is [AlH2].[Cu].[Ir].[Pt].[Ti]. The first-order chi connectivity index (χ1) is 0. The predicted octanol–water partition coefficient (Wildman–Crippen LogP) is -0.926. The molecule has 0 saturated carbocycles. The van der Waals surface area contributed by atoms with E-state index in [-0.39, 0.29) is 97.3 Å². The van der Waals surface area contributed by atoms with Gasteiger partial charge in [0.15, 0.2) is 0 Å². The molecule has 5 heavy (non-hydrogen) atoms. The zero-order valence-corrected chi connectivity index (χ0v) is 11.6. The van der Waals surface area contributed by atoms with Gasteiger partial charge < -0.3 is 0 Å². The van der Waals surface area contributed by atoms with Gasteiger partial charge in [-0.15, -0.1) is 0 Å². The molecule has 3 radical (unpaired) electrons. The van der Waals surface area contributed by atoms with Gasteiger partial charge in [0, 0.05) is 80.0 Å². The van der Waals surface area contributed by atoms with Crippen LogP contribution in [0.2, 0.25) is 0 Å². The maximum atomic E-state index is 0. The van der Waals surface area contributed by atoms with E-state index in [1.807, 2.05) is 0 Å². The van der Waals surface area contributed by atoms with Crippen LogP contribution in [-0.4, -0.2) is 17.4 Å². The molecule has 0 bridgehead atoms. The van der Waals surface area contributed by atoms with E-state index in [0.29, 0.717) is 0 Å². The molecule has 0 amide bonds. The van der Waals surface area contributed by atoms with Gasteiger partial charge in [-0.25, -0.2) is 0 Å². The molecule has 0 fully saturated rings. The molecule has 0 unspecified atom stereocenters. The van der Waals surface area contributed by atoms with Crippen LogP contribution in [0, 0.1) is 0 Å². The average Bonchev–Trinajstić information content (AvgIpc) is 0. The summed E-state index contributed by atoms with van der Waals surface area (Å²) >= 11 is 0. The Kier molecular flexibility index (Phi) is 233. The van der Waals surface area contributed by atoms with Crippen molar-refractivity contribution >= 4 is 17.4 Å². The van der Waals surface area contributed by atoms with Gasteiger partial charge in [0.1, 0.15) is 17.4 Å². The predicted molar refractivity (Wildman–Crippen MR) is 8.54 cm³/mol. The maximum Gasteiger partial charge on any atom is 0.146 e. The van der Waals surface area contributed by atoms with Crippen molar-refractivity contribution in [3.05, 3.63) is 0 Å². The van der Waals surface area contributed by atoms with E-state index in [4.69, 9.17) is 0 Å². The molecular formula is H2AlCuIrPtTi. The smallest absolute Gasteiger partial charge is 0 e. The van der Waals surface area contributed by atoms with E-state index in [9.17, 15) is 0 Å². The molecule has 0 spiro atoms. The topological polar surface area (TPSA) is 0 Å². The van der Waals surface area contributed by atoms with Gasteiger partial charge in [-0.1, -0.05) is 0 Å². The standard InChI is InChI=1S/Al.Cu.Ir.Pt.Ti.2H. The summed E-state index contributed by atoms with van der Waals surface area (Å²) < 4.78 is 0. The van der Waals surface area contributed by atoms with Gasteiger partial charge >= 0.3 is 0 Å². The molecule has 0 saturated heterocycles. The molecule has 0 N–H and O–H groups in total. The summed E-state index contributed by atoms with van der Waals surface area (Å²) in [6, 6.07) is 0. The third-order valence-electron chi connectivity index (χ3n) is 0. The van der Waals surface area contributed by atoms with Crippen molar-refractivity contribution in [1.29, 1.82) is 0 Å². The average molecular weight is 528 g/mol. The molecule has 0 aromatic rings. The number of rotatable bonds is 0. The summed E-state index contributed by atoms with van der Waals surface area (Å²) in [4.78, 5) is 0. The third-order valence-corrected chi connectivity index (χ3v) is 0. The minimum atomic E-state index is 0. The molecule has 0 nitrogen and oxygen atoms in total. The monoisotopic (exact) mass is 528 g/mol. The second-order valence-corrected chi connectivity index (χ2v) is 0. The molecular weight excluding hydrogens is 526 g/mol. The molecule has 0 aromatic carbocycles. The van der Waals surface area contributed by atoms with Crippen molar-refractivity contribution in [1.82, 2.24) is 0 Å². The van der Waals surface area contributed by atoms with Crippen molar-refractivity contribution < 1.29 is 80.0 Å². The molecule has 0 aromatic heterocycles. The molecule has 0 heterocycles. The van der Waals surface area contributed by atoms with E-state index < -0.39 is 0 Å². The number of hydrogen-bond acceptors (Lipinski definition) is 0. The Hall–Kier alpha value is 3.10. The van der Waals surface area contributed by atoms with Crippen LogP contribution in [0.15, 0.2) is 0 Å². The Bertz CT molecular complexity index is 11.6. The van der Waals surface area contributed by atoms with Gasteiger partial charge in [-0.3, -0.25) is 0 Å². The minimum absolute atomic E-state index is 0. The maximum absolute atomic E-state index is 0.